The Morgan fingerprint density at radius 1 is 1.30 bits per heavy atom. The first-order chi connectivity index (χ1) is 9.60. The summed E-state index contributed by atoms with van der Waals surface area (Å²) in [5.41, 5.74) is 6.66. The average Bonchev–Trinajstić information content (AvgIpc) is 2.48. The molecule has 0 radical (unpaired) electrons. The van der Waals surface area contributed by atoms with Crippen LogP contribution in [0, 0.1) is 0 Å². The molecule has 1 heterocycles. The third-order valence-corrected chi connectivity index (χ3v) is 3.66. The fourth-order valence-corrected chi connectivity index (χ4v) is 1.94. The highest BCUT2D eigenvalue weighted by atomic mass is 79.9. The zero-order chi connectivity index (χ0) is 14.5. The van der Waals surface area contributed by atoms with Gasteiger partial charge in [-0.15, -0.1) is 0 Å². The number of anilines is 3. The van der Waals surface area contributed by atoms with Gasteiger partial charge in [-0.3, -0.25) is 0 Å². The standard InChI is InChI=1S/C14H18BrN5/c1-10(8-16)20(2)14-7-13(17-9-18-14)19-12-5-3-11(15)4-6-12/h3-7,9-10H,8,16H2,1-2H3,(H,17,18,19). The summed E-state index contributed by atoms with van der Waals surface area (Å²) >= 11 is 3.41. The molecule has 0 fully saturated rings. The van der Waals surface area contributed by atoms with E-state index in [4.69, 9.17) is 5.73 Å². The molecule has 1 unspecified atom stereocenters. The molecule has 0 aliphatic heterocycles. The van der Waals surface area contributed by atoms with Crippen molar-refractivity contribution in [2.24, 2.45) is 5.73 Å². The summed E-state index contributed by atoms with van der Waals surface area (Å²) in [7, 11) is 1.98. The lowest BCUT2D eigenvalue weighted by Crippen LogP contribution is -2.35. The van der Waals surface area contributed by atoms with Crippen molar-refractivity contribution in [1.29, 1.82) is 0 Å². The summed E-state index contributed by atoms with van der Waals surface area (Å²) in [4.78, 5) is 10.5. The van der Waals surface area contributed by atoms with E-state index in [0.29, 0.717) is 6.54 Å². The van der Waals surface area contributed by atoms with Gasteiger partial charge in [-0.05, 0) is 31.2 Å². The highest BCUT2D eigenvalue weighted by molar-refractivity contribution is 9.10. The molecule has 5 nitrogen and oxygen atoms in total. The number of benzene rings is 1. The lowest BCUT2D eigenvalue weighted by Gasteiger charge is -2.24. The molecule has 0 aliphatic rings. The molecule has 106 valence electrons. The van der Waals surface area contributed by atoms with Gasteiger partial charge in [0.05, 0.1) is 0 Å². The average molecular weight is 336 g/mol. The van der Waals surface area contributed by atoms with E-state index in [1.54, 1.807) is 6.33 Å². The van der Waals surface area contributed by atoms with Gasteiger partial charge in [-0.1, -0.05) is 15.9 Å². The van der Waals surface area contributed by atoms with Gasteiger partial charge in [0, 0.05) is 35.9 Å². The van der Waals surface area contributed by atoms with E-state index in [0.717, 1.165) is 21.8 Å². The maximum atomic E-state index is 5.68. The highest BCUT2D eigenvalue weighted by Gasteiger charge is 2.10. The number of nitrogens with zero attached hydrogens (tertiary/aromatic N) is 3. The first-order valence-electron chi connectivity index (χ1n) is 6.37. The van der Waals surface area contributed by atoms with Crippen molar-refractivity contribution in [1.82, 2.24) is 9.97 Å². The molecule has 1 aromatic carbocycles. The third-order valence-electron chi connectivity index (χ3n) is 3.13. The number of hydrogen-bond acceptors (Lipinski definition) is 5. The molecule has 2 rings (SSSR count). The van der Waals surface area contributed by atoms with Crippen LogP contribution in [0.5, 0.6) is 0 Å². The van der Waals surface area contributed by atoms with E-state index in [2.05, 4.69) is 38.1 Å². The Balaban J connectivity index is 2.15. The zero-order valence-electron chi connectivity index (χ0n) is 11.5. The van der Waals surface area contributed by atoms with Crippen LogP contribution in [-0.4, -0.2) is 29.6 Å². The lowest BCUT2D eigenvalue weighted by molar-refractivity contribution is 0.686. The van der Waals surface area contributed by atoms with Gasteiger partial charge < -0.3 is 16.0 Å². The van der Waals surface area contributed by atoms with Crippen LogP contribution in [0.1, 0.15) is 6.92 Å². The minimum absolute atomic E-state index is 0.227. The van der Waals surface area contributed by atoms with Crippen molar-refractivity contribution in [2.75, 3.05) is 23.8 Å². The Hall–Kier alpha value is -1.66. The largest absolute Gasteiger partial charge is 0.356 e. The molecule has 0 amide bonds. The lowest BCUT2D eigenvalue weighted by atomic mass is 10.3. The number of hydrogen-bond donors (Lipinski definition) is 2. The number of nitrogens with one attached hydrogen (secondary N) is 1. The number of rotatable bonds is 5. The first-order valence-corrected chi connectivity index (χ1v) is 7.17. The molecule has 0 bridgehead atoms. The van der Waals surface area contributed by atoms with Crippen molar-refractivity contribution in [3.63, 3.8) is 0 Å². The van der Waals surface area contributed by atoms with E-state index in [9.17, 15) is 0 Å². The summed E-state index contributed by atoms with van der Waals surface area (Å²) in [6.45, 7) is 2.64. The minimum atomic E-state index is 0.227. The van der Waals surface area contributed by atoms with E-state index in [1.807, 2.05) is 42.3 Å². The predicted octanol–water partition coefficient (Wildman–Crippen LogP) is 2.77. The van der Waals surface area contributed by atoms with Crippen molar-refractivity contribution in [3.05, 3.63) is 41.1 Å². The van der Waals surface area contributed by atoms with Gasteiger partial charge in [0.2, 0.25) is 0 Å². The van der Waals surface area contributed by atoms with Gasteiger partial charge in [0.15, 0.2) is 0 Å². The van der Waals surface area contributed by atoms with E-state index < -0.39 is 0 Å². The molecule has 0 spiro atoms. The van der Waals surface area contributed by atoms with Crippen LogP contribution >= 0.6 is 15.9 Å². The third kappa shape index (κ3) is 3.68. The van der Waals surface area contributed by atoms with Crippen LogP contribution < -0.4 is 16.0 Å². The fourth-order valence-electron chi connectivity index (χ4n) is 1.67. The van der Waals surface area contributed by atoms with Gasteiger partial charge in [0.1, 0.15) is 18.0 Å². The maximum absolute atomic E-state index is 5.68. The molecule has 6 heteroatoms. The van der Waals surface area contributed by atoms with Gasteiger partial charge in [0.25, 0.3) is 0 Å². The molecular formula is C14H18BrN5. The van der Waals surface area contributed by atoms with Crippen LogP contribution in [0.15, 0.2) is 41.1 Å². The molecule has 1 atom stereocenters. The Bertz CT molecular complexity index is 558. The predicted molar refractivity (Wildman–Crippen MR) is 86.4 cm³/mol. The van der Waals surface area contributed by atoms with E-state index in [-0.39, 0.29) is 6.04 Å². The number of nitrogens with two attached hydrogens (primary N) is 1. The SMILES string of the molecule is CC(CN)N(C)c1cc(Nc2ccc(Br)cc2)ncn1. The second-order valence-corrected chi connectivity index (χ2v) is 5.50. The Labute approximate surface area is 127 Å². The maximum Gasteiger partial charge on any atom is 0.135 e. The van der Waals surface area contributed by atoms with Crippen LogP contribution in [-0.2, 0) is 0 Å². The van der Waals surface area contributed by atoms with Crippen LogP contribution in [0.25, 0.3) is 0 Å². The van der Waals surface area contributed by atoms with Crippen molar-refractivity contribution in [3.8, 4) is 0 Å². The number of halogens is 1. The normalized spacial score (nSPS) is 12.0. The molecular weight excluding hydrogens is 318 g/mol. The molecule has 2 aromatic rings. The van der Waals surface area contributed by atoms with Crippen LogP contribution in [0.4, 0.5) is 17.3 Å². The molecule has 0 aliphatic carbocycles. The Morgan fingerprint density at radius 2 is 2.00 bits per heavy atom. The Kier molecular flexibility index (Phi) is 4.92. The van der Waals surface area contributed by atoms with Crippen LogP contribution in [0.3, 0.4) is 0 Å². The van der Waals surface area contributed by atoms with Gasteiger partial charge in [-0.2, -0.15) is 0 Å². The molecule has 0 saturated carbocycles. The topological polar surface area (TPSA) is 67.1 Å². The van der Waals surface area contributed by atoms with Crippen molar-refractivity contribution in [2.45, 2.75) is 13.0 Å². The van der Waals surface area contributed by atoms with E-state index >= 15 is 0 Å². The monoisotopic (exact) mass is 335 g/mol. The molecule has 0 saturated heterocycles. The summed E-state index contributed by atoms with van der Waals surface area (Å²) in [6.07, 6.45) is 1.55. The van der Waals surface area contributed by atoms with Gasteiger partial charge in [-0.25, -0.2) is 9.97 Å². The smallest absolute Gasteiger partial charge is 0.135 e. The van der Waals surface area contributed by atoms with Crippen LogP contribution in [0.2, 0.25) is 0 Å². The van der Waals surface area contributed by atoms with Crippen molar-refractivity contribution < 1.29 is 0 Å². The summed E-state index contributed by atoms with van der Waals surface area (Å²) < 4.78 is 1.04. The highest BCUT2D eigenvalue weighted by Crippen LogP contribution is 2.20. The second kappa shape index (κ2) is 6.67. The summed E-state index contributed by atoms with van der Waals surface area (Å²) in [5, 5.41) is 3.25. The van der Waals surface area contributed by atoms with Gasteiger partial charge >= 0.3 is 0 Å². The summed E-state index contributed by atoms with van der Waals surface area (Å²) in [5.74, 6) is 1.60. The van der Waals surface area contributed by atoms with E-state index in [1.165, 1.54) is 0 Å². The molecule has 1 aromatic heterocycles. The van der Waals surface area contributed by atoms with Crippen molar-refractivity contribution >= 4 is 33.3 Å². The molecule has 20 heavy (non-hydrogen) atoms. The number of likely N-dealkylation sites (N-methyl/N-ethyl adjacent to an activating group) is 1. The Morgan fingerprint density at radius 3 is 2.65 bits per heavy atom. The fraction of sp³-hybridized carbons (Fsp3) is 0.286. The molecule has 3 N–H and O–H groups in total. The first kappa shape index (κ1) is 14.7. The number of aromatic nitrogens is 2. The second-order valence-electron chi connectivity index (χ2n) is 4.59. The minimum Gasteiger partial charge on any atom is -0.356 e. The quantitative estimate of drug-likeness (QED) is 0.879. The summed E-state index contributed by atoms with van der Waals surface area (Å²) in [6, 6.07) is 10.1. The zero-order valence-corrected chi connectivity index (χ0v) is 13.1.